The van der Waals surface area contributed by atoms with Gasteiger partial charge in [-0.15, -0.1) is 0 Å². The predicted molar refractivity (Wildman–Crippen MR) is 59.6 cm³/mol. The van der Waals surface area contributed by atoms with Gasteiger partial charge in [-0.25, -0.2) is 0 Å². The number of carboxylic acid groups (broad SMARTS) is 1. The van der Waals surface area contributed by atoms with E-state index in [1.807, 2.05) is 0 Å². The average Bonchev–Trinajstić information content (AvgIpc) is 2.86. The van der Waals surface area contributed by atoms with E-state index in [4.69, 9.17) is 5.11 Å². The Hall–Kier alpha value is -1.85. The Balaban J connectivity index is 2.04. The lowest BCUT2D eigenvalue weighted by Gasteiger charge is -2.17. The molecule has 17 heavy (non-hydrogen) atoms. The number of carbonyl (C=O) groups is 2. The molecule has 0 bridgehead atoms. The smallest absolute Gasteiger partial charge is 0.308 e. The van der Waals surface area contributed by atoms with Gasteiger partial charge < -0.3 is 10.4 Å². The lowest BCUT2D eigenvalue weighted by Crippen LogP contribution is -2.40. The van der Waals surface area contributed by atoms with Gasteiger partial charge in [0.2, 0.25) is 0 Å². The van der Waals surface area contributed by atoms with Gasteiger partial charge in [0.05, 0.1) is 17.7 Å². The van der Waals surface area contributed by atoms with Crippen LogP contribution >= 0.6 is 0 Å². The van der Waals surface area contributed by atoms with Crippen molar-refractivity contribution in [2.75, 3.05) is 0 Å². The summed E-state index contributed by atoms with van der Waals surface area (Å²) >= 11 is 0. The maximum atomic E-state index is 11.9. The van der Waals surface area contributed by atoms with Gasteiger partial charge in [-0.3, -0.25) is 14.7 Å². The molecule has 0 radical (unpaired) electrons. The van der Waals surface area contributed by atoms with Gasteiger partial charge in [0, 0.05) is 11.7 Å². The molecule has 0 aliphatic heterocycles. The Bertz CT molecular complexity index is 441. The van der Waals surface area contributed by atoms with Crippen molar-refractivity contribution in [1.29, 1.82) is 0 Å². The fourth-order valence-corrected chi connectivity index (χ4v) is 2.25. The maximum absolute atomic E-state index is 11.9. The molecule has 2 atom stereocenters. The van der Waals surface area contributed by atoms with Crippen molar-refractivity contribution in [2.45, 2.75) is 32.2 Å². The third kappa shape index (κ3) is 2.30. The van der Waals surface area contributed by atoms with Crippen molar-refractivity contribution >= 4 is 11.9 Å². The van der Waals surface area contributed by atoms with Gasteiger partial charge in [-0.05, 0) is 19.8 Å². The third-order valence-corrected chi connectivity index (χ3v) is 3.22. The Morgan fingerprint density at radius 3 is 2.88 bits per heavy atom. The number of aromatic nitrogens is 2. The second-order valence-electron chi connectivity index (χ2n) is 4.36. The van der Waals surface area contributed by atoms with Crippen LogP contribution in [0.4, 0.5) is 0 Å². The highest BCUT2D eigenvalue weighted by molar-refractivity contribution is 5.95. The van der Waals surface area contributed by atoms with E-state index in [1.54, 1.807) is 6.92 Å². The summed E-state index contributed by atoms with van der Waals surface area (Å²) in [6.07, 6.45) is 3.64. The number of nitrogens with one attached hydrogen (secondary N) is 2. The molecule has 1 fully saturated rings. The predicted octanol–water partition coefficient (Wildman–Crippen LogP) is 0.701. The number of rotatable bonds is 3. The minimum atomic E-state index is -0.836. The molecule has 1 amide bonds. The van der Waals surface area contributed by atoms with Gasteiger partial charge >= 0.3 is 5.97 Å². The molecule has 1 saturated carbocycles. The summed E-state index contributed by atoms with van der Waals surface area (Å²) < 4.78 is 0. The first-order valence-corrected chi connectivity index (χ1v) is 5.63. The lowest BCUT2D eigenvalue weighted by atomic mass is 10.0. The van der Waals surface area contributed by atoms with Crippen molar-refractivity contribution in [3.05, 3.63) is 17.5 Å². The molecule has 0 aromatic carbocycles. The van der Waals surface area contributed by atoms with Crippen molar-refractivity contribution < 1.29 is 14.7 Å². The van der Waals surface area contributed by atoms with Crippen LogP contribution in [0.25, 0.3) is 0 Å². The summed E-state index contributed by atoms with van der Waals surface area (Å²) in [5, 5.41) is 18.2. The molecule has 1 aliphatic rings. The quantitative estimate of drug-likeness (QED) is 0.721. The Morgan fingerprint density at radius 1 is 1.53 bits per heavy atom. The minimum Gasteiger partial charge on any atom is -0.481 e. The second-order valence-corrected chi connectivity index (χ2v) is 4.36. The van der Waals surface area contributed by atoms with Crippen LogP contribution in [0.3, 0.4) is 0 Å². The summed E-state index contributed by atoms with van der Waals surface area (Å²) in [6, 6.07) is -0.269. The number of amides is 1. The first kappa shape index (κ1) is 11.6. The van der Waals surface area contributed by atoms with Crippen LogP contribution in [-0.2, 0) is 4.79 Å². The number of hydrogen-bond donors (Lipinski definition) is 3. The van der Waals surface area contributed by atoms with Crippen LogP contribution in [-0.4, -0.2) is 33.2 Å². The highest BCUT2D eigenvalue weighted by Crippen LogP contribution is 2.26. The third-order valence-electron chi connectivity index (χ3n) is 3.22. The van der Waals surface area contributed by atoms with E-state index in [2.05, 4.69) is 15.5 Å². The van der Waals surface area contributed by atoms with Crippen molar-refractivity contribution in [3.63, 3.8) is 0 Å². The van der Waals surface area contributed by atoms with Gasteiger partial charge in [0.15, 0.2) is 0 Å². The molecule has 2 unspecified atom stereocenters. The van der Waals surface area contributed by atoms with Crippen LogP contribution in [0.1, 0.15) is 35.3 Å². The molecule has 92 valence electrons. The molecule has 3 N–H and O–H groups in total. The largest absolute Gasteiger partial charge is 0.481 e. The fourth-order valence-electron chi connectivity index (χ4n) is 2.25. The Labute approximate surface area is 98.4 Å². The zero-order chi connectivity index (χ0) is 12.4. The standard InChI is InChI=1S/C11H15N3O3/c1-6-8(5-12-14-6)10(15)13-9-4-2-3-7(9)11(16)17/h5,7,9H,2-4H2,1H3,(H,12,14)(H,13,15)(H,16,17). The zero-order valence-electron chi connectivity index (χ0n) is 9.56. The number of aliphatic carboxylic acids is 1. The fraction of sp³-hybridized carbons (Fsp3) is 0.545. The normalized spacial score (nSPS) is 23.6. The Morgan fingerprint density at radius 2 is 2.29 bits per heavy atom. The molecular weight excluding hydrogens is 222 g/mol. The van der Waals surface area contributed by atoms with E-state index in [-0.39, 0.29) is 11.9 Å². The van der Waals surface area contributed by atoms with Gasteiger partial charge in [0.1, 0.15) is 0 Å². The van der Waals surface area contributed by atoms with Crippen LogP contribution < -0.4 is 5.32 Å². The molecule has 6 nitrogen and oxygen atoms in total. The molecule has 1 aromatic heterocycles. The minimum absolute atomic E-state index is 0.255. The zero-order valence-corrected chi connectivity index (χ0v) is 9.56. The maximum Gasteiger partial charge on any atom is 0.308 e. The van der Waals surface area contributed by atoms with Crippen LogP contribution in [0.2, 0.25) is 0 Å². The van der Waals surface area contributed by atoms with E-state index >= 15 is 0 Å². The summed E-state index contributed by atoms with van der Waals surface area (Å²) in [5.41, 5.74) is 1.16. The van der Waals surface area contributed by atoms with Crippen LogP contribution in [0.5, 0.6) is 0 Å². The molecule has 1 aromatic rings. The summed E-state index contributed by atoms with van der Waals surface area (Å²) in [6.45, 7) is 1.76. The number of hydrogen-bond acceptors (Lipinski definition) is 3. The summed E-state index contributed by atoms with van der Waals surface area (Å²) in [5.74, 6) is -1.56. The molecule has 1 heterocycles. The van der Waals surface area contributed by atoms with Gasteiger partial charge in [0.25, 0.3) is 5.91 Å². The van der Waals surface area contributed by atoms with E-state index in [1.165, 1.54) is 6.20 Å². The van der Waals surface area contributed by atoms with E-state index in [0.29, 0.717) is 17.7 Å². The molecule has 1 aliphatic carbocycles. The first-order chi connectivity index (χ1) is 8.09. The van der Waals surface area contributed by atoms with E-state index in [9.17, 15) is 9.59 Å². The molecular formula is C11H15N3O3. The molecule has 2 rings (SSSR count). The highest BCUT2D eigenvalue weighted by atomic mass is 16.4. The van der Waals surface area contributed by atoms with Crippen molar-refractivity contribution in [3.8, 4) is 0 Å². The van der Waals surface area contributed by atoms with Crippen LogP contribution in [0.15, 0.2) is 6.20 Å². The van der Waals surface area contributed by atoms with Crippen molar-refractivity contribution in [1.82, 2.24) is 15.5 Å². The monoisotopic (exact) mass is 237 g/mol. The number of aryl methyl sites for hydroxylation is 1. The highest BCUT2D eigenvalue weighted by Gasteiger charge is 2.34. The number of carboxylic acids is 1. The SMILES string of the molecule is Cc1[nH]ncc1C(=O)NC1CCCC1C(=O)O. The van der Waals surface area contributed by atoms with Gasteiger partial charge in [-0.2, -0.15) is 5.10 Å². The topological polar surface area (TPSA) is 95.1 Å². The number of nitrogens with zero attached hydrogens (tertiary/aromatic N) is 1. The molecule has 0 spiro atoms. The van der Waals surface area contributed by atoms with E-state index < -0.39 is 11.9 Å². The number of carbonyl (C=O) groups excluding carboxylic acids is 1. The first-order valence-electron chi connectivity index (χ1n) is 5.63. The van der Waals surface area contributed by atoms with Crippen LogP contribution in [0, 0.1) is 12.8 Å². The summed E-state index contributed by atoms with van der Waals surface area (Å²) in [4.78, 5) is 22.9. The molecule has 0 saturated heterocycles. The number of H-pyrrole nitrogens is 1. The lowest BCUT2D eigenvalue weighted by molar-refractivity contribution is -0.142. The molecule has 6 heteroatoms. The van der Waals surface area contributed by atoms with Crippen molar-refractivity contribution in [2.24, 2.45) is 5.92 Å². The average molecular weight is 237 g/mol. The van der Waals surface area contributed by atoms with Gasteiger partial charge in [-0.1, -0.05) is 6.42 Å². The van der Waals surface area contributed by atoms with E-state index in [0.717, 1.165) is 12.8 Å². The summed E-state index contributed by atoms with van der Waals surface area (Å²) in [7, 11) is 0. The second kappa shape index (κ2) is 4.57. The Kier molecular flexibility index (Phi) is 3.12. The number of aromatic amines is 1.